The highest BCUT2D eigenvalue weighted by Crippen LogP contribution is 2.36. The van der Waals surface area contributed by atoms with Gasteiger partial charge in [-0.3, -0.25) is 9.59 Å². The molecule has 2 N–H and O–H groups in total. The summed E-state index contributed by atoms with van der Waals surface area (Å²) in [5, 5.41) is 15.0. The van der Waals surface area contributed by atoms with E-state index in [2.05, 4.69) is 22.1 Å². The fraction of sp³-hybridized carbons (Fsp3) is 0.286. The van der Waals surface area contributed by atoms with Crippen molar-refractivity contribution in [2.45, 2.75) is 33.7 Å². The van der Waals surface area contributed by atoms with Gasteiger partial charge in [0.25, 0.3) is 11.8 Å². The molecule has 8 heteroatoms. The lowest BCUT2D eigenvalue weighted by atomic mass is 10.1. The maximum atomic E-state index is 12.7. The summed E-state index contributed by atoms with van der Waals surface area (Å²) in [5.41, 5.74) is 3.59. The highest BCUT2D eigenvalue weighted by Gasteiger charge is 2.20. The number of ether oxygens (including phenoxy) is 1. The predicted molar refractivity (Wildman–Crippen MR) is 112 cm³/mol. The van der Waals surface area contributed by atoms with Crippen molar-refractivity contribution in [3.05, 3.63) is 45.7 Å². The minimum atomic E-state index is -0.575. The summed E-state index contributed by atoms with van der Waals surface area (Å²) in [6.45, 7) is 6.82. The molecule has 3 rings (SSSR count). The monoisotopic (exact) mass is 412 g/mol. The third kappa shape index (κ3) is 4.28. The van der Waals surface area contributed by atoms with Crippen molar-refractivity contribution < 1.29 is 14.3 Å². The normalized spacial score (nSPS) is 13.2. The SMILES string of the molecule is CCCn1c(C)cc(/C=C(\C#N)C(=O)Nc2cc3c(cc2Cl)NC(=O)CO3)c1C. The van der Waals surface area contributed by atoms with Crippen molar-refractivity contribution in [1.82, 2.24) is 4.57 Å². The fourth-order valence-electron chi connectivity index (χ4n) is 3.23. The number of aryl methyl sites for hydroxylation is 1. The first-order chi connectivity index (χ1) is 13.8. The number of halogens is 1. The van der Waals surface area contributed by atoms with Gasteiger partial charge in [0.2, 0.25) is 0 Å². The minimum Gasteiger partial charge on any atom is -0.482 e. The maximum absolute atomic E-state index is 12.7. The van der Waals surface area contributed by atoms with E-state index in [9.17, 15) is 14.9 Å². The van der Waals surface area contributed by atoms with Crippen LogP contribution in [0.4, 0.5) is 11.4 Å². The molecule has 150 valence electrons. The van der Waals surface area contributed by atoms with Gasteiger partial charge in [0, 0.05) is 24.0 Å². The van der Waals surface area contributed by atoms with Crippen molar-refractivity contribution in [3.8, 4) is 11.8 Å². The van der Waals surface area contributed by atoms with E-state index in [4.69, 9.17) is 16.3 Å². The highest BCUT2D eigenvalue weighted by atomic mass is 35.5. The second-order valence-electron chi connectivity index (χ2n) is 6.77. The Morgan fingerprint density at radius 3 is 2.86 bits per heavy atom. The highest BCUT2D eigenvalue weighted by molar-refractivity contribution is 6.34. The number of aromatic nitrogens is 1. The first kappa shape index (κ1) is 20.5. The Bertz CT molecular complexity index is 1060. The summed E-state index contributed by atoms with van der Waals surface area (Å²) in [4.78, 5) is 24.1. The van der Waals surface area contributed by atoms with Crippen molar-refractivity contribution in [2.24, 2.45) is 0 Å². The molecule has 0 aliphatic carbocycles. The van der Waals surface area contributed by atoms with Crippen LogP contribution in [0.2, 0.25) is 5.02 Å². The quantitative estimate of drug-likeness (QED) is 0.572. The Balaban J connectivity index is 1.86. The van der Waals surface area contributed by atoms with Gasteiger partial charge < -0.3 is 19.9 Å². The third-order valence-corrected chi connectivity index (χ3v) is 4.99. The number of hydrogen-bond acceptors (Lipinski definition) is 4. The molecule has 0 bridgehead atoms. The number of carbonyl (C=O) groups excluding carboxylic acids is 2. The van der Waals surface area contributed by atoms with E-state index in [0.29, 0.717) is 17.1 Å². The number of anilines is 2. The smallest absolute Gasteiger partial charge is 0.266 e. The number of fused-ring (bicyclic) bond motifs is 1. The molecule has 0 unspecified atom stereocenters. The van der Waals surface area contributed by atoms with Gasteiger partial charge in [-0.05, 0) is 44.0 Å². The molecule has 1 aliphatic heterocycles. The molecule has 1 aromatic carbocycles. The summed E-state index contributed by atoms with van der Waals surface area (Å²) in [5.74, 6) is -0.454. The largest absolute Gasteiger partial charge is 0.482 e. The molecule has 0 radical (unpaired) electrons. The van der Waals surface area contributed by atoms with Crippen LogP contribution in [0.3, 0.4) is 0 Å². The van der Waals surface area contributed by atoms with Gasteiger partial charge in [-0.15, -0.1) is 0 Å². The first-order valence-corrected chi connectivity index (χ1v) is 9.58. The summed E-state index contributed by atoms with van der Waals surface area (Å²) in [6, 6.07) is 6.93. The van der Waals surface area contributed by atoms with Crippen LogP contribution >= 0.6 is 11.6 Å². The van der Waals surface area contributed by atoms with Crippen LogP contribution in [0.25, 0.3) is 6.08 Å². The average Bonchev–Trinajstić information content (AvgIpc) is 2.94. The minimum absolute atomic E-state index is 0.0373. The van der Waals surface area contributed by atoms with Crippen LogP contribution in [-0.2, 0) is 16.1 Å². The number of nitriles is 1. The van der Waals surface area contributed by atoms with E-state index in [1.807, 2.05) is 26.0 Å². The molecule has 0 fully saturated rings. The molecule has 29 heavy (non-hydrogen) atoms. The molecule has 2 amide bonds. The van der Waals surface area contributed by atoms with Crippen molar-refractivity contribution in [1.29, 1.82) is 5.26 Å². The first-order valence-electron chi connectivity index (χ1n) is 9.20. The number of carbonyl (C=O) groups is 2. The number of benzene rings is 1. The summed E-state index contributed by atoms with van der Waals surface area (Å²) in [6.07, 6.45) is 2.57. The summed E-state index contributed by atoms with van der Waals surface area (Å²) >= 11 is 6.22. The summed E-state index contributed by atoms with van der Waals surface area (Å²) in [7, 11) is 0. The Morgan fingerprint density at radius 2 is 2.17 bits per heavy atom. The van der Waals surface area contributed by atoms with E-state index in [-0.39, 0.29) is 23.1 Å². The molecule has 1 aliphatic rings. The predicted octanol–water partition coefficient (Wildman–Crippen LogP) is 4.04. The summed E-state index contributed by atoms with van der Waals surface area (Å²) < 4.78 is 7.50. The van der Waals surface area contributed by atoms with Gasteiger partial charge in [-0.2, -0.15) is 5.26 Å². The number of rotatable bonds is 5. The fourth-order valence-corrected chi connectivity index (χ4v) is 3.44. The van der Waals surface area contributed by atoms with Crippen molar-refractivity contribution >= 4 is 40.9 Å². The lowest BCUT2D eigenvalue weighted by Gasteiger charge is -2.19. The molecular formula is C21H21ClN4O3. The zero-order valence-electron chi connectivity index (χ0n) is 16.4. The van der Waals surface area contributed by atoms with Crippen LogP contribution in [-0.4, -0.2) is 23.0 Å². The van der Waals surface area contributed by atoms with Crippen LogP contribution in [0.5, 0.6) is 5.75 Å². The van der Waals surface area contributed by atoms with Gasteiger partial charge >= 0.3 is 0 Å². The van der Waals surface area contributed by atoms with Crippen LogP contribution < -0.4 is 15.4 Å². The number of nitrogens with zero attached hydrogens (tertiary/aromatic N) is 2. The zero-order chi connectivity index (χ0) is 21.1. The maximum Gasteiger partial charge on any atom is 0.266 e. The standard InChI is InChI=1S/C21H21ClN4O3/c1-4-5-26-12(2)6-14(13(26)3)7-15(10-23)21(28)25-17-9-19-18(8-16(17)22)24-20(27)11-29-19/h6-9H,4-5,11H2,1-3H3,(H,24,27)(H,25,28)/b15-7+. The van der Waals surface area contributed by atoms with E-state index >= 15 is 0 Å². The molecule has 2 heterocycles. The van der Waals surface area contributed by atoms with Gasteiger partial charge in [-0.25, -0.2) is 0 Å². The Morgan fingerprint density at radius 1 is 1.41 bits per heavy atom. The molecule has 0 spiro atoms. The van der Waals surface area contributed by atoms with Crippen molar-refractivity contribution in [2.75, 3.05) is 17.2 Å². The van der Waals surface area contributed by atoms with Gasteiger partial charge in [0.05, 0.1) is 16.4 Å². The average molecular weight is 413 g/mol. The van der Waals surface area contributed by atoms with E-state index < -0.39 is 5.91 Å². The Kier molecular flexibility index (Phi) is 5.95. The Hall–Kier alpha value is -3.24. The number of amides is 2. The number of nitrogens with one attached hydrogen (secondary N) is 2. The van der Waals surface area contributed by atoms with Crippen molar-refractivity contribution in [3.63, 3.8) is 0 Å². The topological polar surface area (TPSA) is 96.1 Å². The molecule has 0 atom stereocenters. The van der Waals surface area contributed by atoms with Gasteiger partial charge in [-0.1, -0.05) is 18.5 Å². The second-order valence-corrected chi connectivity index (χ2v) is 7.17. The van der Waals surface area contributed by atoms with Gasteiger partial charge in [0.15, 0.2) is 6.61 Å². The van der Waals surface area contributed by atoms with E-state index in [0.717, 1.165) is 29.9 Å². The molecule has 1 aromatic heterocycles. The van der Waals surface area contributed by atoms with E-state index in [1.54, 1.807) is 6.08 Å². The lowest BCUT2D eigenvalue weighted by Crippen LogP contribution is -2.25. The molecule has 0 saturated carbocycles. The third-order valence-electron chi connectivity index (χ3n) is 4.68. The molecule has 7 nitrogen and oxygen atoms in total. The molecule has 0 saturated heterocycles. The van der Waals surface area contributed by atoms with Crippen LogP contribution in [0.15, 0.2) is 23.8 Å². The number of hydrogen-bond donors (Lipinski definition) is 2. The van der Waals surface area contributed by atoms with Crippen LogP contribution in [0, 0.1) is 25.2 Å². The Labute approximate surface area is 173 Å². The lowest BCUT2D eigenvalue weighted by molar-refractivity contribution is -0.118. The molecular weight excluding hydrogens is 392 g/mol. The van der Waals surface area contributed by atoms with Crippen LogP contribution in [0.1, 0.15) is 30.3 Å². The second kappa shape index (κ2) is 8.41. The van der Waals surface area contributed by atoms with E-state index in [1.165, 1.54) is 12.1 Å². The molecule has 2 aromatic rings. The van der Waals surface area contributed by atoms with Gasteiger partial charge in [0.1, 0.15) is 17.4 Å². The zero-order valence-corrected chi connectivity index (χ0v) is 17.2.